The molecule has 0 aliphatic carbocycles. The van der Waals surface area contributed by atoms with Gasteiger partial charge < -0.3 is 20.6 Å². The largest absolute Gasteiger partial charge is 0.480 e. The lowest BCUT2D eigenvalue weighted by molar-refractivity contribution is -0.140. The van der Waals surface area contributed by atoms with Gasteiger partial charge in [-0.25, -0.2) is 0 Å². The maximum atomic E-state index is 11.0. The van der Waals surface area contributed by atoms with Gasteiger partial charge in [-0.3, -0.25) is 4.79 Å². The maximum absolute atomic E-state index is 11.0. The van der Waals surface area contributed by atoms with Crippen LogP contribution < -0.4 is 5.32 Å². The highest BCUT2D eigenvalue weighted by molar-refractivity contribution is 8.00. The molecule has 0 heterocycles. The second kappa shape index (κ2) is 7.05. The molecule has 0 bridgehead atoms. The van der Waals surface area contributed by atoms with Crippen molar-refractivity contribution in [3.63, 3.8) is 0 Å². The minimum atomic E-state index is -0.945. The van der Waals surface area contributed by atoms with E-state index in [0.29, 0.717) is 5.75 Å². The summed E-state index contributed by atoms with van der Waals surface area (Å²) in [6, 6.07) is -0.735. The fraction of sp³-hybridized carbons (Fsp3) is 0.889. The number of hydrogen-bond donors (Lipinski definition) is 4. The van der Waals surface area contributed by atoms with Crippen molar-refractivity contribution >= 4 is 17.7 Å². The third-order valence-corrected chi connectivity index (χ3v) is 3.33. The van der Waals surface area contributed by atoms with Gasteiger partial charge in [0.1, 0.15) is 6.04 Å². The Morgan fingerprint density at radius 2 is 2.00 bits per heavy atom. The third-order valence-electron chi connectivity index (χ3n) is 1.97. The molecule has 5 nitrogen and oxygen atoms in total. The summed E-state index contributed by atoms with van der Waals surface area (Å²) in [4.78, 5) is 11.0. The lowest BCUT2D eigenvalue weighted by atomic mass is 10.0. The number of carboxylic acid groups (broad SMARTS) is 1. The minimum Gasteiger partial charge on any atom is -0.480 e. The number of carbonyl (C=O) groups is 1. The monoisotopic (exact) mass is 237 g/mol. The molecular formula is C9H19NO4S. The van der Waals surface area contributed by atoms with Gasteiger partial charge >= 0.3 is 5.97 Å². The van der Waals surface area contributed by atoms with Gasteiger partial charge in [0.2, 0.25) is 0 Å². The molecule has 0 aliphatic heterocycles. The number of aliphatic hydroxyl groups excluding tert-OH is 2. The Bertz CT molecular complexity index is 199. The van der Waals surface area contributed by atoms with E-state index in [1.54, 1.807) is 13.8 Å². The Morgan fingerprint density at radius 3 is 2.40 bits per heavy atom. The second-order valence-corrected chi connectivity index (χ2v) is 5.37. The van der Waals surface area contributed by atoms with E-state index in [1.807, 2.05) is 0 Å². The van der Waals surface area contributed by atoms with Crippen molar-refractivity contribution in [3.8, 4) is 0 Å². The van der Waals surface area contributed by atoms with Crippen molar-refractivity contribution in [1.82, 2.24) is 5.32 Å². The van der Waals surface area contributed by atoms with Gasteiger partial charge in [0, 0.05) is 17.0 Å². The molecule has 4 N–H and O–H groups in total. The predicted octanol–water partition coefficient (Wildman–Crippen LogP) is -0.474. The number of nitrogens with one attached hydrogen (secondary N) is 1. The standard InChI is InChI=1S/C9H19NO4S/c1-9(2,15-6-5-12)7(8(13)14)10-3-4-11/h7,10-12H,3-6H2,1-2H3,(H,13,14). The van der Waals surface area contributed by atoms with E-state index in [4.69, 9.17) is 15.3 Å². The van der Waals surface area contributed by atoms with E-state index >= 15 is 0 Å². The van der Waals surface area contributed by atoms with Crippen LogP contribution in [0, 0.1) is 0 Å². The Morgan fingerprint density at radius 1 is 1.40 bits per heavy atom. The molecule has 0 radical (unpaired) electrons. The fourth-order valence-corrected chi connectivity index (χ4v) is 2.20. The average Bonchev–Trinajstić information content (AvgIpc) is 2.14. The van der Waals surface area contributed by atoms with Crippen molar-refractivity contribution in [1.29, 1.82) is 0 Å². The first kappa shape index (κ1) is 14.7. The molecule has 1 atom stereocenters. The molecule has 0 aromatic carbocycles. The van der Waals surface area contributed by atoms with Crippen LogP contribution in [0.1, 0.15) is 13.8 Å². The van der Waals surface area contributed by atoms with Gasteiger partial charge in [-0.15, -0.1) is 0 Å². The lowest BCUT2D eigenvalue weighted by Gasteiger charge is -2.31. The topological polar surface area (TPSA) is 89.8 Å². The maximum Gasteiger partial charge on any atom is 0.322 e. The molecule has 0 saturated carbocycles. The fourth-order valence-electron chi connectivity index (χ4n) is 1.23. The Hall–Kier alpha value is -0.300. The normalized spacial score (nSPS) is 13.9. The van der Waals surface area contributed by atoms with E-state index in [2.05, 4.69) is 5.32 Å². The van der Waals surface area contributed by atoms with E-state index in [-0.39, 0.29) is 19.8 Å². The zero-order valence-electron chi connectivity index (χ0n) is 9.06. The summed E-state index contributed by atoms with van der Waals surface area (Å²) < 4.78 is -0.524. The summed E-state index contributed by atoms with van der Waals surface area (Å²) in [6.45, 7) is 3.79. The molecule has 1 unspecified atom stereocenters. The first-order valence-electron chi connectivity index (χ1n) is 4.77. The van der Waals surface area contributed by atoms with Gasteiger partial charge in [0.25, 0.3) is 0 Å². The van der Waals surface area contributed by atoms with Crippen LogP contribution in [0.2, 0.25) is 0 Å². The highest BCUT2D eigenvalue weighted by Gasteiger charge is 2.34. The van der Waals surface area contributed by atoms with Crippen molar-refractivity contribution in [2.75, 3.05) is 25.5 Å². The van der Waals surface area contributed by atoms with Gasteiger partial charge in [-0.1, -0.05) is 0 Å². The number of thioether (sulfide) groups is 1. The first-order valence-corrected chi connectivity index (χ1v) is 5.76. The van der Waals surface area contributed by atoms with E-state index in [0.717, 1.165) is 0 Å². The van der Waals surface area contributed by atoms with Crippen molar-refractivity contribution in [2.24, 2.45) is 0 Å². The lowest BCUT2D eigenvalue weighted by Crippen LogP contribution is -2.51. The molecule has 6 heteroatoms. The van der Waals surface area contributed by atoms with Gasteiger partial charge in [0.15, 0.2) is 0 Å². The Labute approximate surface area is 93.9 Å². The molecule has 15 heavy (non-hydrogen) atoms. The molecule has 90 valence electrons. The van der Waals surface area contributed by atoms with Crippen LogP contribution in [-0.4, -0.2) is 57.6 Å². The second-order valence-electron chi connectivity index (χ2n) is 3.62. The molecule has 0 amide bonds. The van der Waals surface area contributed by atoms with E-state index < -0.39 is 16.8 Å². The zero-order chi connectivity index (χ0) is 11.9. The molecule has 0 spiro atoms. The minimum absolute atomic E-state index is 0.0282. The summed E-state index contributed by atoms with van der Waals surface area (Å²) in [6.07, 6.45) is 0. The molecule has 0 aromatic rings. The molecule has 0 aliphatic rings. The van der Waals surface area contributed by atoms with Crippen LogP contribution in [0.15, 0.2) is 0 Å². The highest BCUT2D eigenvalue weighted by atomic mass is 32.2. The van der Waals surface area contributed by atoms with Crippen molar-refractivity contribution in [2.45, 2.75) is 24.6 Å². The summed E-state index contributed by atoms with van der Waals surface area (Å²) in [5.74, 6) is -0.448. The number of hydrogen-bond acceptors (Lipinski definition) is 5. The van der Waals surface area contributed by atoms with Crippen molar-refractivity contribution < 1.29 is 20.1 Å². The van der Waals surface area contributed by atoms with Crippen LogP contribution in [0.3, 0.4) is 0 Å². The first-order chi connectivity index (χ1) is 6.95. The van der Waals surface area contributed by atoms with Gasteiger partial charge in [-0.05, 0) is 13.8 Å². The van der Waals surface area contributed by atoms with Crippen LogP contribution in [0.4, 0.5) is 0 Å². The number of rotatable bonds is 8. The third kappa shape index (κ3) is 5.36. The number of carboxylic acids is 1. The van der Waals surface area contributed by atoms with Crippen LogP contribution in [0.5, 0.6) is 0 Å². The van der Waals surface area contributed by atoms with Crippen LogP contribution in [-0.2, 0) is 4.79 Å². The zero-order valence-corrected chi connectivity index (χ0v) is 9.88. The smallest absolute Gasteiger partial charge is 0.322 e. The Balaban J connectivity index is 4.36. The summed E-state index contributed by atoms with van der Waals surface area (Å²) in [7, 11) is 0. The summed E-state index contributed by atoms with van der Waals surface area (Å²) >= 11 is 1.39. The summed E-state index contributed by atoms with van der Waals surface area (Å²) in [5.41, 5.74) is 0. The van der Waals surface area contributed by atoms with Crippen molar-refractivity contribution in [3.05, 3.63) is 0 Å². The quantitative estimate of drug-likeness (QED) is 0.456. The Kier molecular flexibility index (Phi) is 6.91. The van der Waals surface area contributed by atoms with Gasteiger partial charge in [-0.2, -0.15) is 11.8 Å². The predicted molar refractivity (Wildman–Crippen MR) is 60.1 cm³/mol. The molecule has 0 rings (SSSR count). The van der Waals surface area contributed by atoms with Crippen LogP contribution in [0.25, 0.3) is 0 Å². The molecule has 0 fully saturated rings. The number of aliphatic carboxylic acids is 1. The summed E-state index contributed by atoms with van der Waals surface area (Å²) in [5, 5.41) is 29.1. The van der Waals surface area contributed by atoms with E-state index in [9.17, 15) is 4.79 Å². The van der Waals surface area contributed by atoms with Crippen LogP contribution >= 0.6 is 11.8 Å². The SMILES string of the molecule is CC(C)(SCCO)C(NCCO)C(=O)O. The molecule has 0 aromatic heterocycles. The highest BCUT2D eigenvalue weighted by Crippen LogP contribution is 2.28. The van der Waals surface area contributed by atoms with E-state index in [1.165, 1.54) is 11.8 Å². The molecule has 0 saturated heterocycles. The number of aliphatic hydroxyl groups is 2. The molecular weight excluding hydrogens is 218 g/mol. The van der Waals surface area contributed by atoms with Gasteiger partial charge in [0.05, 0.1) is 13.2 Å². The average molecular weight is 237 g/mol.